The van der Waals surface area contributed by atoms with E-state index in [4.69, 9.17) is 4.74 Å². The Morgan fingerprint density at radius 3 is 2.46 bits per heavy atom. The number of aromatic nitrogens is 1. The van der Waals surface area contributed by atoms with Gasteiger partial charge in [0.15, 0.2) is 5.60 Å². The molecule has 0 aliphatic carbocycles. The lowest BCUT2D eigenvalue weighted by Gasteiger charge is -2.22. The standard InChI is InChI=1S/C17H19N3O4/c1-12(21)19-13-5-7-15(8-6-13)24-11-17(2,23)16(22)20-14-4-3-9-18-10-14/h3-10,23H,11H2,1-2H3,(H,19,21)(H,20,22). The lowest BCUT2D eigenvalue weighted by Crippen LogP contribution is -2.45. The minimum absolute atomic E-state index is 0.168. The van der Waals surface area contributed by atoms with Gasteiger partial charge in [-0.05, 0) is 43.3 Å². The first-order valence-corrected chi connectivity index (χ1v) is 7.31. The summed E-state index contributed by atoms with van der Waals surface area (Å²) >= 11 is 0. The van der Waals surface area contributed by atoms with Gasteiger partial charge in [-0.3, -0.25) is 14.6 Å². The Bertz CT molecular complexity index is 700. The van der Waals surface area contributed by atoms with Crippen LogP contribution in [0.1, 0.15) is 13.8 Å². The van der Waals surface area contributed by atoms with E-state index in [0.717, 1.165) is 0 Å². The number of hydrogen-bond donors (Lipinski definition) is 3. The van der Waals surface area contributed by atoms with E-state index in [1.165, 1.54) is 20.0 Å². The molecule has 0 spiro atoms. The molecule has 0 bridgehead atoms. The average molecular weight is 329 g/mol. The van der Waals surface area contributed by atoms with Gasteiger partial charge in [-0.1, -0.05) is 0 Å². The molecule has 1 unspecified atom stereocenters. The third-order valence-corrected chi connectivity index (χ3v) is 3.10. The number of pyridine rings is 1. The molecule has 0 aliphatic rings. The summed E-state index contributed by atoms with van der Waals surface area (Å²) in [7, 11) is 0. The van der Waals surface area contributed by atoms with Crippen LogP contribution in [0.2, 0.25) is 0 Å². The van der Waals surface area contributed by atoms with Crippen LogP contribution in [0.25, 0.3) is 0 Å². The second-order valence-electron chi connectivity index (χ2n) is 5.46. The Hall–Kier alpha value is -2.93. The molecule has 24 heavy (non-hydrogen) atoms. The zero-order valence-corrected chi connectivity index (χ0v) is 13.4. The highest BCUT2D eigenvalue weighted by Gasteiger charge is 2.31. The topological polar surface area (TPSA) is 101 Å². The van der Waals surface area contributed by atoms with Gasteiger partial charge >= 0.3 is 0 Å². The summed E-state index contributed by atoms with van der Waals surface area (Å²) in [5.74, 6) is -0.289. The first-order chi connectivity index (χ1) is 11.4. The van der Waals surface area contributed by atoms with Crippen LogP contribution >= 0.6 is 0 Å². The molecule has 1 atom stereocenters. The first-order valence-electron chi connectivity index (χ1n) is 7.31. The van der Waals surface area contributed by atoms with Crippen molar-refractivity contribution in [1.29, 1.82) is 0 Å². The fourth-order valence-corrected chi connectivity index (χ4v) is 1.83. The number of aliphatic hydroxyl groups is 1. The number of carbonyl (C=O) groups excluding carboxylic acids is 2. The van der Waals surface area contributed by atoms with Gasteiger partial charge in [-0.15, -0.1) is 0 Å². The van der Waals surface area contributed by atoms with Crippen molar-refractivity contribution in [2.24, 2.45) is 0 Å². The highest BCUT2D eigenvalue weighted by atomic mass is 16.5. The van der Waals surface area contributed by atoms with Crippen LogP contribution < -0.4 is 15.4 Å². The quantitative estimate of drug-likeness (QED) is 0.750. The number of amides is 2. The van der Waals surface area contributed by atoms with Crippen LogP contribution in [0, 0.1) is 0 Å². The van der Waals surface area contributed by atoms with Crippen LogP contribution in [0.3, 0.4) is 0 Å². The van der Waals surface area contributed by atoms with Gasteiger partial charge in [0.1, 0.15) is 12.4 Å². The molecule has 1 heterocycles. The van der Waals surface area contributed by atoms with E-state index in [0.29, 0.717) is 17.1 Å². The third-order valence-electron chi connectivity index (χ3n) is 3.10. The fourth-order valence-electron chi connectivity index (χ4n) is 1.83. The maximum atomic E-state index is 12.1. The molecule has 126 valence electrons. The lowest BCUT2D eigenvalue weighted by molar-refractivity contribution is -0.135. The van der Waals surface area contributed by atoms with Crippen molar-refractivity contribution in [1.82, 2.24) is 4.98 Å². The van der Waals surface area contributed by atoms with Gasteiger partial charge < -0.3 is 20.5 Å². The number of nitrogens with one attached hydrogen (secondary N) is 2. The van der Waals surface area contributed by atoms with Gasteiger partial charge in [0.2, 0.25) is 5.91 Å². The second kappa shape index (κ2) is 7.56. The van der Waals surface area contributed by atoms with E-state index >= 15 is 0 Å². The highest BCUT2D eigenvalue weighted by Crippen LogP contribution is 2.18. The predicted molar refractivity (Wildman–Crippen MR) is 89.7 cm³/mol. The van der Waals surface area contributed by atoms with E-state index in [2.05, 4.69) is 15.6 Å². The largest absolute Gasteiger partial charge is 0.490 e. The van der Waals surface area contributed by atoms with Crippen molar-refractivity contribution in [3.63, 3.8) is 0 Å². The molecule has 0 aliphatic heterocycles. The minimum Gasteiger partial charge on any atom is -0.490 e. The van der Waals surface area contributed by atoms with E-state index in [-0.39, 0.29) is 12.5 Å². The molecule has 0 fully saturated rings. The van der Waals surface area contributed by atoms with Gasteiger partial charge in [-0.2, -0.15) is 0 Å². The van der Waals surface area contributed by atoms with E-state index in [1.54, 1.807) is 42.6 Å². The zero-order valence-electron chi connectivity index (χ0n) is 13.4. The molecule has 2 aromatic rings. The van der Waals surface area contributed by atoms with Crippen LogP contribution in [0.4, 0.5) is 11.4 Å². The lowest BCUT2D eigenvalue weighted by atomic mass is 10.1. The van der Waals surface area contributed by atoms with Gasteiger partial charge in [0.25, 0.3) is 5.91 Å². The molecule has 1 aromatic heterocycles. The number of nitrogens with zero attached hydrogens (tertiary/aromatic N) is 1. The maximum absolute atomic E-state index is 12.1. The third kappa shape index (κ3) is 5.06. The van der Waals surface area contributed by atoms with Crippen LogP contribution in [-0.4, -0.2) is 34.1 Å². The van der Waals surface area contributed by atoms with E-state index in [1.807, 2.05) is 0 Å². The molecule has 1 aromatic carbocycles. The first kappa shape index (κ1) is 17.4. The molecule has 2 rings (SSSR count). The van der Waals surface area contributed by atoms with Gasteiger partial charge in [0.05, 0.1) is 11.9 Å². The fraction of sp³-hybridized carbons (Fsp3) is 0.235. The van der Waals surface area contributed by atoms with Crippen LogP contribution in [0.15, 0.2) is 48.8 Å². The Kier molecular flexibility index (Phi) is 5.49. The molecule has 0 radical (unpaired) electrons. The van der Waals surface area contributed by atoms with Crippen molar-refractivity contribution >= 4 is 23.2 Å². The van der Waals surface area contributed by atoms with E-state index < -0.39 is 11.5 Å². The molecular weight excluding hydrogens is 310 g/mol. The summed E-state index contributed by atoms with van der Waals surface area (Å²) in [6, 6.07) is 9.96. The number of carbonyl (C=O) groups is 2. The maximum Gasteiger partial charge on any atom is 0.259 e. The number of ether oxygens (including phenoxy) is 1. The molecule has 3 N–H and O–H groups in total. The molecule has 0 saturated heterocycles. The monoisotopic (exact) mass is 329 g/mol. The molecule has 0 saturated carbocycles. The zero-order chi connectivity index (χ0) is 17.6. The summed E-state index contributed by atoms with van der Waals surface area (Å²) in [6.45, 7) is 2.56. The second-order valence-corrected chi connectivity index (χ2v) is 5.46. The van der Waals surface area contributed by atoms with Gasteiger partial charge in [0, 0.05) is 18.8 Å². The molecule has 2 amide bonds. The van der Waals surface area contributed by atoms with Crippen molar-refractivity contribution in [2.75, 3.05) is 17.2 Å². The molecule has 7 heteroatoms. The van der Waals surface area contributed by atoms with Crippen LogP contribution in [0.5, 0.6) is 5.75 Å². The number of anilines is 2. The van der Waals surface area contributed by atoms with Crippen molar-refractivity contribution in [2.45, 2.75) is 19.4 Å². The summed E-state index contributed by atoms with van der Waals surface area (Å²) in [4.78, 5) is 27.0. The van der Waals surface area contributed by atoms with Gasteiger partial charge in [-0.25, -0.2) is 0 Å². The Morgan fingerprint density at radius 2 is 1.88 bits per heavy atom. The minimum atomic E-state index is -1.72. The summed E-state index contributed by atoms with van der Waals surface area (Å²) in [6.07, 6.45) is 3.07. The normalized spacial score (nSPS) is 12.8. The summed E-state index contributed by atoms with van der Waals surface area (Å²) < 4.78 is 5.45. The summed E-state index contributed by atoms with van der Waals surface area (Å²) in [5, 5.41) is 15.5. The Morgan fingerprint density at radius 1 is 1.17 bits per heavy atom. The number of rotatable bonds is 6. The average Bonchev–Trinajstić information content (AvgIpc) is 2.54. The summed E-state index contributed by atoms with van der Waals surface area (Å²) in [5.41, 5.74) is -0.593. The van der Waals surface area contributed by atoms with Crippen molar-refractivity contribution < 1.29 is 19.4 Å². The van der Waals surface area contributed by atoms with Crippen molar-refractivity contribution in [3.8, 4) is 5.75 Å². The predicted octanol–water partition coefficient (Wildman–Crippen LogP) is 1.81. The Balaban J connectivity index is 1.91. The van der Waals surface area contributed by atoms with Crippen molar-refractivity contribution in [3.05, 3.63) is 48.8 Å². The van der Waals surface area contributed by atoms with Crippen LogP contribution in [-0.2, 0) is 9.59 Å². The highest BCUT2D eigenvalue weighted by molar-refractivity contribution is 5.96. The molecule has 7 nitrogen and oxygen atoms in total. The molecular formula is C17H19N3O4. The SMILES string of the molecule is CC(=O)Nc1ccc(OCC(C)(O)C(=O)Nc2cccnc2)cc1. The van der Waals surface area contributed by atoms with E-state index in [9.17, 15) is 14.7 Å². The smallest absolute Gasteiger partial charge is 0.259 e. The number of hydrogen-bond acceptors (Lipinski definition) is 5. The Labute approximate surface area is 139 Å². The number of benzene rings is 1.